The summed E-state index contributed by atoms with van der Waals surface area (Å²) in [4.78, 5) is 5.38. The maximum absolute atomic E-state index is 4.36. The second-order valence-electron chi connectivity index (χ2n) is 2.11. The highest BCUT2D eigenvalue weighted by Crippen LogP contribution is 2.28. The molecule has 0 spiro atoms. The smallest absolute Gasteiger partial charge is 0.0797 e. The molecule has 1 unspecified atom stereocenters. The van der Waals surface area contributed by atoms with Crippen LogP contribution in [0.3, 0.4) is 0 Å². The Bertz CT molecular complexity index is 207. The molecular formula is C7H10NS2. The van der Waals surface area contributed by atoms with E-state index in [0.717, 1.165) is 12.1 Å². The van der Waals surface area contributed by atoms with Gasteiger partial charge in [-0.3, -0.25) is 0 Å². The van der Waals surface area contributed by atoms with E-state index >= 15 is 0 Å². The van der Waals surface area contributed by atoms with E-state index in [-0.39, 0.29) is 5.25 Å². The van der Waals surface area contributed by atoms with Crippen LogP contribution in [0.25, 0.3) is 0 Å². The van der Waals surface area contributed by atoms with Crippen molar-refractivity contribution in [2.45, 2.75) is 18.6 Å². The van der Waals surface area contributed by atoms with Crippen molar-refractivity contribution in [3.05, 3.63) is 23.0 Å². The van der Waals surface area contributed by atoms with Gasteiger partial charge in [0.2, 0.25) is 0 Å². The van der Waals surface area contributed by atoms with Gasteiger partial charge >= 0.3 is 0 Å². The van der Waals surface area contributed by atoms with E-state index in [1.807, 2.05) is 12.4 Å². The Balaban J connectivity index is 2.82. The molecule has 55 valence electrons. The molecule has 0 N–H and O–H groups in total. The second-order valence-corrected chi connectivity index (χ2v) is 3.62. The van der Waals surface area contributed by atoms with Crippen LogP contribution < -0.4 is 0 Å². The van der Waals surface area contributed by atoms with E-state index in [0.29, 0.717) is 0 Å². The van der Waals surface area contributed by atoms with Crippen molar-refractivity contribution < 1.29 is 0 Å². The van der Waals surface area contributed by atoms with E-state index in [9.17, 15) is 0 Å². The molecule has 0 aliphatic carbocycles. The molecule has 0 aromatic carbocycles. The van der Waals surface area contributed by atoms with Crippen LogP contribution in [-0.2, 0) is 0 Å². The second kappa shape index (κ2) is 3.39. The average Bonchev–Trinajstić information content (AvgIpc) is 2.34. The number of hydrogen-bond donors (Lipinski definition) is 1. The van der Waals surface area contributed by atoms with Crippen LogP contribution in [0.1, 0.15) is 22.2 Å². The van der Waals surface area contributed by atoms with Crippen LogP contribution >= 0.6 is 24.0 Å². The molecule has 1 heterocycles. The number of rotatable bonds is 2. The van der Waals surface area contributed by atoms with Gasteiger partial charge in [-0.05, 0) is 13.3 Å². The Morgan fingerprint density at radius 1 is 1.90 bits per heavy atom. The number of thiol groups is 1. The molecule has 1 radical (unpaired) electrons. The molecule has 1 aromatic rings. The highest BCUT2D eigenvalue weighted by molar-refractivity contribution is 7.80. The highest BCUT2D eigenvalue weighted by Gasteiger charge is 2.08. The van der Waals surface area contributed by atoms with Crippen LogP contribution in [0.2, 0.25) is 0 Å². The molecular weight excluding hydrogens is 162 g/mol. The Labute approximate surface area is 70.9 Å². The average molecular weight is 172 g/mol. The number of nitrogens with zero attached hydrogens (tertiary/aromatic N) is 1. The van der Waals surface area contributed by atoms with Gasteiger partial charge in [0.05, 0.1) is 11.2 Å². The summed E-state index contributed by atoms with van der Waals surface area (Å²) in [6.45, 7) is 5.79. The van der Waals surface area contributed by atoms with E-state index in [1.165, 1.54) is 4.88 Å². The number of aromatic nitrogens is 1. The van der Waals surface area contributed by atoms with Gasteiger partial charge in [-0.1, -0.05) is 6.92 Å². The molecule has 10 heavy (non-hydrogen) atoms. The Hall–Kier alpha value is -0.0200. The van der Waals surface area contributed by atoms with Crippen molar-refractivity contribution in [2.24, 2.45) is 0 Å². The fourth-order valence-corrected chi connectivity index (χ4v) is 1.95. The first-order valence-electron chi connectivity index (χ1n) is 3.13. The van der Waals surface area contributed by atoms with Crippen molar-refractivity contribution in [2.75, 3.05) is 0 Å². The maximum atomic E-state index is 4.36. The Kier molecular flexibility index (Phi) is 2.74. The van der Waals surface area contributed by atoms with E-state index < -0.39 is 0 Å². The summed E-state index contributed by atoms with van der Waals surface area (Å²) in [5.41, 5.74) is 2.94. The van der Waals surface area contributed by atoms with E-state index in [4.69, 9.17) is 0 Å². The molecule has 3 heteroatoms. The summed E-state index contributed by atoms with van der Waals surface area (Å²) in [5.74, 6) is 0. The molecule has 0 saturated carbocycles. The first-order valence-corrected chi connectivity index (χ1v) is 4.52. The minimum atomic E-state index is 0.271. The third-order valence-electron chi connectivity index (χ3n) is 1.36. The van der Waals surface area contributed by atoms with Gasteiger partial charge in [0.15, 0.2) is 0 Å². The monoisotopic (exact) mass is 172 g/mol. The van der Waals surface area contributed by atoms with Crippen molar-refractivity contribution in [3.63, 3.8) is 0 Å². The van der Waals surface area contributed by atoms with Gasteiger partial charge < -0.3 is 0 Å². The predicted octanol–water partition coefficient (Wildman–Crippen LogP) is 2.65. The summed E-state index contributed by atoms with van der Waals surface area (Å²) < 4.78 is 0. The lowest BCUT2D eigenvalue weighted by atomic mass is 10.2. The molecule has 0 aliphatic rings. The van der Waals surface area contributed by atoms with Crippen LogP contribution in [0.15, 0.2) is 5.51 Å². The predicted molar refractivity (Wildman–Crippen MR) is 48.6 cm³/mol. The fourth-order valence-electron chi connectivity index (χ4n) is 0.762. The molecule has 1 atom stereocenters. The number of hydrogen-bond acceptors (Lipinski definition) is 3. The van der Waals surface area contributed by atoms with E-state index in [2.05, 4.69) is 24.5 Å². The number of thiazole rings is 1. The number of aryl methyl sites for hydroxylation is 1. The summed E-state index contributed by atoms with van der Waals surface area (Å²) in [6, 6.07) is 0. The zero-order valence-electron chi connectivity index (χ0n) is 5.87. The molecule has 1 nitrogen and oxygen atoms in total. The molecule has 0 amide bonds. The van der Waals surface area contributed by atoms with Gasteiger partial charge in [0, 0.05) is 10.1 Å². The molecule has 0 aliphatic heterocycles. The van der Waals surface area contributed by atoms with Crippen LogP contribution in [0.4, 0.5) is 0 Å². The summed E-state index contributed by atoms with van der Waals surface area (Å²) in [7, 11) is 0. The lowest BCUT2D eigenvalue weighted by Crippen LogP contribution is -1.86. The highest BCUT2D eigenvalue weighted by atomic mass is 32.1. The quantitative estimate of drug-likeness (QED) is 0.677. The lowest BCUT2D eigenvalue weighted by molar-refractivity contribution is 0.977. The van der Waals surface area contributed by atoms with Crippen LogP contribution in [0.5, 0.6) is 0 Å². The molecule has 0 bridgehead atoms. The molecule has 0 saturated heterocycles. The van der Waals surface area contributed by atoms with Gasteiger partial charge in [0.25, 0.3) is 0 Å². The molecule has 1 aromatic heterocycles. The van der Waals surface area contributed by atoms with Crippen molar-refractivity contribution >= 4 is 24.0 Å². The zero-order valence-corrected chi connectivity index (χ0v) is 7.58. The lowest BCUT2D eigenvalue weighted by Gasteiger charge is -2.03. The third-order valence-corrected chi connectivity index (χ3v) is 3.09. The zero-order chi connectivity index (χ0) is 7.56. The third kappa shape index (κ3) is 1.52. The fraction of sp³-hybridized carbons (Fsp3) is 0.429. The molecule has 1 rings (SSSR count). The van der Waals surface area contributed by atoms with Crippen molar-refractivity contribution in [3.8, 4) is 0 Å². The summed E-state index contributed by atoms with van der Waals surface area (Å²) in [6.07, 6.45) is 0.826. The maximum Gasteiger partial charge on any atom is 0.0797 e. The van der Waals surface area contributed by atoms with E-state index in [1.54, 1.807) is 11.3 Å². The summed E-state index contributed by atoms with van der Waals surface area (Å²) in [5, 5.41) is 0.271. The Morgan fingerprint density at radius 3 is 3.00 bits per heavy atom. The van der Waals surface area contributed by atoms with Gasteiger partial charge in [-0.2, -0.15) is 12.6 Å². The normalized spacial score (nSPS) is 13.5. The minimum Gasteiger partial charge on any atom is -0.250 e. The first-order chi connectivity index (χ1) is 4.75. The standard InChI is InChI=1S/C7H10NS2/c1-3-6(9)7-5(2)8-4-10-7/h4,6,9H,1,3H2,2H3. The van der Waals surface area contributed by atoms with Gasteiger partial charge in [0.1, 0.15) is 0 Å². The first kappa shape index (κ1) is 8.08. The van der Waals surface area contributed by atoms with Gasteiger partial charge in [-0.15, -0.1) is 11.3 Å². The minimum absolute atomic E-state index is 0.271. The van der Waals surface area contributed by atoms with Crippen molar-refractivity contribution in [1.82, 2.24) is 4.98 Å². The van der Waals surface area contributed by atoms with Crippen LogP contribution in [0, 0.1) is 13.8 Å². The van der Waals surface area contributed by atoms with Crippen LogP contribution in [-0.4, -0.2) is 4.98 Å². The molecule has 0 fully saturated rings. The van der Waals surface area contributed by atoms with Gasteiger partial charge in [-0.25, -0.2) is 4.98 Å². The largest absolute Gasteiger partial charge is 0.250 e. The SMILES string of the molecule is [CH2]CC(S)c1scnc1C. The summed E-state index contributed by atoms with van der Waals surface area (Å²) >= 11 is 6.02. The Morgan fingerprint density at radius 2 is 2.60 bits per heavy atom. The van der Waals surface area contributed by atoms with Crippen molar-refractivity contribution in [1.29, 1.82) is 0 Å². The topological polar surface area (TPSA) is 12.9 Å².